The van der Waals surface area contributed by atoms with Crippen molar-refractivity contribution in [1.82, 2.24) is 9.78 Å². The van der Waals surface area contributed by atoms with Gasteiger partial charge in [0, 0.05) is 0 Å². The minimum Gasteiger partial charge on any atom is -0.394 e. The fraction of sp³-hybridized carbons (Fsp3) is 0.200. The Kier molecular flexibility index (Phi) is 2.49. The number of aliphatic hydroxyl groups is 1. The van der Waals surface area contributed by atoms with Crippen molar-refractivity contribution in [3.8, 4) is 0 Å². The van der Waals surface area contributed by atoms with Crippen LogP contribution in [0.25, 0.3) is 10.9 Å². The molecule has 0 spiro atoms. The molecule has 1 amide bonds. The van der Waals surface area contributed by atoms with E-state index in [-0.39, 0.29) is 24.1 Å². The molecular formula is C10H10N3O3. The number of carbonyl (C=O) groups excluding carboxylic acids is 1. The molecule has 0 saturated carbocycles. The fourth-order valence-corrected chi connectivity index (χ4v) is 1.65. The van der Waals surface area contributed by atoms with Crippen LogP contribution in [0.3, 0.4) is 0 Å². The Labute approximate surface area is 90.3 Å². The lowest BCUT2D eigenvalue weighted by Crippen LogP contribution is -2.14. The van der Waals surface area contributed by atoms with Gasteiger partial charge in [0.25, 0.3) is 5.56 Å². The first-order valence-electron chi connectivity index (χ1n) is 4.69. The highest BCUT2D eigenvalue weighted by Crippen LogP contribution is 2.13. The highest BCUT2D eigenvalue weighted by Gasteiger charge is 2.13. The second-order valence-corrected chi connectivity index (χ2v) is 3.29. The van der Waals surface area contributed by atoms with Crippen LogP contribution in [-0.4, -0.2) is 27.4 Å². The lowest BCUT2D eigenvalue weighted by atomic mass is 10.1. The quantitative estimate of drug-likeness (QED) is 0.632. The lowest BCUT2D eigenvalue weighted by Gasteiger charge is -2.01. The molecule has 0 atom stereocenters. The van der Waals surface area contributed by atoms with Gasteiger partial charge in [0.05, 0.1) is 29.6 Å². The maximum Gasteiger partial charge on any atom is 0.272 e. The number of primary amides is 1. The van der Waals surface area contributed by atoms with Crippen LogP contribution < -0.4 is 11.3 Å². The summed E-state index contributed by atoms with van der Waals surface area (Å²) in [6.07, 6.45) is 0. The Morgan fingerprint density at radius 1 is 1.62 bits per heavy atom. The summed E-state index contributed by atoms with van der Waals surface area (Å²) >= 11 is 0. The third-order valence-electron chi connectivity index (χ3n) is 2.30. The molecule has 1 radical (unpaired) electrons. The highest BCUT2D eigenvalue weighted by molar-refractivity contribution is 6.05. The smallest absolute Gasteiger partial charge is 0.272 e. The van der Waals surface area contributed by atoms with Crippen molar-refractivity contribution in [3.63, 3.8) is 0 Å². The van der Waals surface area contributed by atoms with E-state index in [9.17, 15) is 9.59 Å². The summed E-state index contributed by atoms with van der Waals surface area (Å²) in [6, 6.07) is 5.79. The van der Waals surface area contributed by atoms with Crippen LogP contribution in [-0.2, 0) is 6.54 Å². The van der Waals surface area contributed by atoms with Crippen molar-refractivity contribution >= 4 is 16.8 Å². The van der Waals surface area contributed by atoms with Gasteiger partial charge in [-0.1, -0.05) is 6.07 Å². The van der Waals surface area contributed by atoms with Gasteiger partial charge in [-0.3, -0.25) is 19.4 Å². The SMILES string of the molecule is NC(=O)c1[c]ccc2c1c(=O)[nH]n2CCO. The predicted octanol–water partition coefficient (Wildman–Crippen LogP) is -0.779. The number of hydrogen-bond donors (Lipinski definition) is 3. The predicted molar refractivity (Wildman–Crippen MR) is 57.0 cm³/mol. The number of aliphatic hydroxyl groups excluding tert-OH is 1. The molecule has 1 aromatic carbocycles. The second kappa shape index (κ2) is 3.82. The Morgan fingerprint density at radius 3 is 3.00 bits per heavy atom. The average molecular weight is 220 g/mol. The molecule has 4 N–H and O–H groups in total. The van der Waals surface area contributed by atoms with E-state index in [1.807, 2.05) is 0 Å². The number of carbonyl (C=O) groups is 1. The summed E-state index contributed by atoms with van der Waals surface area (Å²) in [5.41, 5.74) is 5.34. The number of aromatic amines is 1. The third-order valence-corrected chi connectivity index (χ3v) is 2.30. The molecule has 0 aliphatic rings. The van der Waals surface area contributed by atoms with E-state index in [1.54, 1.807) is 6.07 Å². The molecule has 0 bridgehead atoms. The van der Waals surface area contributed by atoms with Crippen LogP contribution in [0, 0.1) is 6.07 Å². The standard InChI is InChI=1S/C10H10N3O3/c11-9(15)6-2-1-3-7-8(6)10(16)12-13(7)4-5-14/h1,3,14H,4-5H2,(H2,11,15)(H,12,16). The number of nitrogens with two attached hydrogens (primary N) is 1. The van der Waals surface area contributed by atoms with Crippen LogP contribution in [0.5, 0.6) is 0 Å². The summed E-state index contributed by atoms with van der Waals surface area (Å²) in [6.45, 7) is 0.144. The summed E-state index contributed by atoms with van der Waals surface area (Å²) < 4.78 is 1.47. The molecule has 83 valence electrons. The van der Waals surface area contributed by atoms with Crippen LogP contribution in [0.1, 0.15) is 10.4 Å². The zero-order valence-electron chi connectivity index (χ0n) is 8.36. The van der Waals surface area contributed by atoms with Crippen molar-refractivity contribution in [2.24, 2.45) is 5.73 Å². The van der Waals surface area contributed by atoms with Gasteiger partial charge in [-0.05, 0) is 12.1 Å². The van der Waals surface area contributed by atoms with Gasteiger partial charge >= 0.3 is 0 Å². The minimum atomic E-state index is -0.696. The number of H-pyrrole nitrogens is 1. The zero-order chi connectivity index (χ0) is 11.7. The molecule has 0 aliphatic heterocycles. The van der Waals surface area contributed by atoms with Crippen molar-refractivity contribution in [2.75, 3.05) is 6.61 Å². The molecule has 16 heavy (non-hydrogen) atoms. The summed E-state index contributed by atoms with van der Waals surface area (Å²) in [5.74, 6) is -0.696. The van der Waals surface area contributed by atoms with Gasteiger partial charge < -0.3 is 10.8 Å². The lowest BCUT2D eigenvalue weighted by molar-refractivity contribution is 0.100. The largest absolute Gasteiger partial charge is 0.394 e. The first-order chi connectivity index (χ1) is 7.65. The van der Waals surface area contributed by atoms with Crippen LogP contribution >= 0.6 is 0 Å². The molecule has 0 unspecified atom stereocenters. The van der Waals surface area contributed by atoms with Gasteiger partial charge in [-0.15, -0.1) is 0 Å². The van der Waals surface area contributed by atoms with E-state index >= 15 is 0 Å². The van der Waals surface area contributed by atoms with Crippen molar-refractivity contribution in [1.29, 1.82) is 0 Å². The van der Waals surface area contributed by atoms with E-state index in [0.29, 0.717) is 5.52 Å². The number of benzene rings is 1. The van der Waals surface area contributed by atoms with E-state index in [2.05, 4.69) is 11.2 Å². The molecule has 6 heteroatoms. The van der Waals surface area contributed by atoms with Gasteiger partial charge in [-0.2, -0.15) is 0 Å². The summed E-state index contributed by atoms with van der Waals surface area (Å²) in [4.78, 5) is 22.7. The number of fused-ring (bicyclic) bond motifs is 1. The first kappa shape index (κ1) is 10.4. The van der Waals surface area contributed by atoms with Gasteiger partial charge in [0.1, 0.15) is 0 Å². The Balaban J connectivity index is 2.79. The number of amides is 1. The van der Waals surface area contributed by atoms with Crippen molar-refractivity contribution < 1.29 is 9.90 Å². The molecule has 0 fully saturated rings. The molecular weight excluding hydrogens is 210 g/mol. The molecule has 1 aromatic heterocycles. The van der Waals surface area contributed by atoms with E-state index < -0.39 is 11.5 Å². The topological polar surface area (TPSA) is 101 Å². The maximum atomic E-state index is 11.6. The fourth-order valence-electron chi connectivity index (χ4n) is 1.65. The van der Waals surface area contributed by atoms with Crippen LogP contribution in [0.15, 0.2) is 16.9 Å². The van der Waals surface area contributed by atoms with Crippen molar-refractivity contribution in [2.45, 2.75) is 6.54 Å². The number of nitrogens with zero attached hydrogens (tertiary/aromatic N) is 1. The summed E-state index contributed by atoms with van der Waals surface area (Å²) in [5, 5.41) is 11.6. The van der Waals surface area contributed by atoms with Crippen LogP contribution in [0.4, 0.5) is 0 Å². The maximum absolute atomic E-state index is 11.6. The van der Waals surface area contributed by atoms with E-state index in [1.165, 1.54) is 10.7 Å². The molecule has 0 saturated heterocycles. The molecule has 0 aliphatic carbocycles. The van der Waals surface area contributed by atoms with Crippen molar-refractivity contribution in [3.05, 3.63) is 34.1 Å². The monoisotopic (exact) mass is 220 g/mol. The Hall–Kier alpha value is -2.08. The molecule has 1 heterocycles. The normalized spacial score (nSPS) is 10.8. The Morgan fingerprint density at radius 2 is 2.38 bits per heavy atom. The first-order valence-corrected chi connectivity index (χ1v) is 4.69. The molecule has 2 aromatic rings. The third kappa shape index (κ3) is 1.49. The van der Waals surface area contributed by atoms with E-state index in [0.717, 1.165) is 0 Å². The second-order valence-electron chi connectivity index (χ2n) is 3.29. The van der Waals surface area contributed by atoms with Gasteiger partial charge in [-0.25, -0.2) is 0 Å². The molecule has 2 rings (SSSR count). The van der Waals surface area contributed by atoms with Gasteiger partial charge in [0.2, 0.25) is 5.91 Å². The number of hydrogen-bond acceptors (Lipinski definition) is 3. The van der Waals surface area contributed by atoms with E-state index in [4.69, 9.17) is 10.8 Å². The van der Waals surface area contributed by atoms with Crippen LogP contribution in [0.2, 0.25) is 0 Å². The highest BCUT2D eigenvalue weighted by atomic mass is 16.3. The average Bonchev–Trinajstić information content (AvgIpc) is 2.57. The number of nitrogens with one attached hydrogen (secondary N) is 1. The molecule has 6 nitrogen and oxygen atoms in total. The Bertz CT molecular complexity index is 597. The van der Waals surface area contributed by atoms with Gasteiger partial charge in [0.15, 0.2) is 0 Å². The number of rotatable bonds is 3. The summed E-state index contributed by atoms with van der Waals surface area (Å²) in [7, 11) is 0. The zero-order valence-corrected chi connectivity index (χ0v) is 8.36. The minimum absolute atomic E-state index is 0.0652. The number of aromatic nitrogens is 2.